The average Bonchev–Trinajstić information content (AvgIpc) is 1.67. The van der Waals surface area contributed by atoms with Crippen molar-refractivity contribution in [3.63, 3.8) is 0 Å². The largest absolute Gasteiger partial charge is 0.376 e. The van der Waals surface area contributed by atoms with E-state index in [1.165, 1.54) is 6.42 Å². The summed E-state index contributed by atoms with van der Waals surface area (Å²) in [6.07, 6.45) is 1.85. The Morgan fingerprint density at radius 1 is 1.33 bits per heavy atom. The van der Waals surface area contributed by atoms with Crippen molar-refractivity contribution in [2.75, 3.05) is 0 Å². The maximum absolute atomic E-state index is 8.60. The van der Waals surface area contributed by atoms with Gasteiger partial charge >= 0.3 is 0 Å². The van der Waals surface area contributed by atoms with Gasteiger partial charge in [0.05, 0.1) is 0 Å². The molecule has 58 valence electrons. The Labute approximate surface area is 58.1 Å². The third kappa shape index (κ3) is 32.6. The molecule has 0 aliphatic rings. The first-order chi connectivity index (χ1) is 3.97. The van der Waals surface area contributed by atoms with Crippen LogP contribution in [0.4, 0.5) is 0 Å². The van der Waals surface area contributed by atoms with Gasteiger partial charge in [0.1, 0.15) is 5.72 Å². The molecule has 9 heavy (non-hydrogen) atoms. The predicted molar refractivity (Wildman–Crippen MR) is 41.1 cm³/mol. The molecule has 2 heteroatoms. The lowest BCUT2D eigenvalue weighted by Crippen LogP contribution is -2.34. The number of hydrogen-bond donors (Lipinski definition) is 2. The Kier molecular flexibility index (Phi) is 7.85. The van der Waals surface area contributed by atoms with Crippen molar-refractivity contribution in [3.8, 4) is 0 Å². The summed E-state index contributed by atoms with van der Waals surface area (Å²) in [7, 11) is 0. The molecule has 2 nitrogen and oxygen atoms in total. The molecule has 0 bridgehead atoms. The van der Waals surface area contributed by atoms with Crippen molar-refractivity contribution in [2.24, 2.45) is 5.73 Å². The van der Waals surface area contributed by atoms with Gasteiger partial charge in [-0.05, 0) is 13.3 Å². The summed E-state index contributed by atoms with van der Waals surface area (Å²) in [6, 6.07) is 0. The van der Waals surface area contributed by atoms with Gasteiger partial charge in [0, 0.05) is 0 Å². The molecule has 0 spiro atoms. The molecule has 1 unspecified atom stereocenters. The Morgan fingerprint density at radius 3 is 1.44 bits per heavy atom. The van der Waals surface area contributed by atoms with Crippen molar-refractivity contribution in [3.05, 3.63) is 0 Å². The summed E-state index contributed by atoms with van der Waals surface area (Å²) in [6.45, 7) is 7.66. The molecule has 0 rings (SSSR count). The fraction of sp³-hybridized carbons (Fsp3) is 1.00. The van der Waals surface area contributed by atoms with E-state index < -0.39 is 5.72 Å². The van der Waals surface area contributed by atoms with E-state index in [0.29, 0.717) is 6.42 Å². The molecule has 0 aliphatic carbocycles. The highest BCUT2D eigenvalue weighted by molar-refractivity contribution is 4.56. The summed E-state index contributed by atoms with van der Waals surface area (Å²) in [5.74, 6) is 0. The minimum atomic E-state index is -0.958. The Hall–Kier alpha value is -0.0800. The zero-order valence-electron chi connectivity index (χ0n) is 6.94. The monoisotopic (exact) mass is 133 g/mol. The van der Waals surface area contributed by atoms with Gasteiger partial charge in [-0.1, -0.05) is 27.2 Å². The van der Waals surface area contributed by atoms with E-state index in [-0.39, 0.29) is 0 Å². The van der Waals surface area contributed by atoms with E-state index >= 15 is 0 Å². The molecule has 0 saturated carbocycles. The molecule has 1 atom stereocenters. The molecule has 0 aromatic carbocycles. The maximum atomic E-state index is 8.60. The molecule has 0 fully saturated rings. The van der Waals surface area contributed by atoms with Gasteiger partial charge < -0.3 is 10.8 Å². The van der Waals surface area contributed by atoms with Crippen molar-refractivity contribution < 1.29 is 5.11 Å². The van der Waals surface area contributed by atoms with Gasteiger partial charge in [0.25, 0.3) is 0 Å². The van der Waals surface area contributed by atoms with Gasteiger partial charge in [-0.15, -0.1) is 0 Å². The van der Waals surface area contributed by atoms with Crippen molar-refractivity contribution in [1.29, 1.82) is 0 Å². The van der Waals surface area contributed by atoms with Gasteiger partial charge in [-0.25, -0.2) is 0 Å². The minimum absolute atomic E-state index is 0.604. The van der Waals surface area contributed by atoms with Crippen LogP contribution in [0.3, 0.4) is 0 Å². The normalized spacial score (nSPS) is 15.3. The predicted octanol–water partition coefficient (Wildman–Crippen LogP) is 1.48. The van der Waals surface area contributed by atoms with E-state index in [4.69, 9.17) is 10.8 Å². The van der Waals surface area contributed by atoms with Crippen molar-refractivity contribution in [1.82, 2.24) is 0 Å². The fourth-order valence-electron chi connectivity index (χ4n) is 0. The topological polar surface area (TPSA) is 46.2 Å². The first-order valence-corrected chi connectivity index (χ1v) is 3.49. The van der Waals surface area contributed by atoms with Gasteiger partial charge in [0.2, 0.25) is 0 Å². The summed E-state index contributed by atoms with van der Waals surface area (Å²) in [5, 5.41) is 8.60. The van der Waals surface area contributed by atoms with Crippen LogP contribution in [0.1, 0.15) is 40.5 Å². The quantitative estimate of drug-likeness (QED) is 0.532. The molecule has 0 radical (unpaired) electrons. The molecule has 0 aliphatic heterocycles. The SMILES string of the molecule is CCC.CCC(C)(N)O. The van der Waals surface area contributed by atoms with Crippen LogP contribution >= 0.6 is 0 Å². The van der Waals surface area contributed by atoms with Crippen LogP contribution in [0.15, 0.2) is 0 Å². The first-order valence-electron chi connectivity index (χ1n) is 3.49. The zero-order valence-corrected chi connectivity index (χ0v) is 6.94. The van der Waals surface area contributed by atoms with Crippen LogP contribution in [0.25, 0.3) is 0 Å². The molecule has 0 amide bonds. The highest BCUT2D eigenvalue weighted by atomic mass is 16.3. The summed E-state index contributed by atoms with van der Waals surface area (Å²) in [4.78, 5) is 0. The minimum Gasteiger partial charge on any atom is -0.376 e. The summed E-state index contributed by atoms with van der Waals surface area (Å²) in [5.41, 5.74) is 4.13. The lowest BCUT2D eigenvalue weighted by Gasteiger charge is -2.11. The van der Waals surface area contributed by atoms with Gasteiger partial charge in [-0.3, -0.25) is 0 Å². The number of nitrogens with two attached hydrogens (primary N) is 1. The second-order valence-electron chi connectivity index (χ2n) is 2.42. The van der Waals surface area contributed by atoms with E-state index in [1.54, 1.807) is 6.92 Å². The molecule has 0 heterocycles. The second kappa shape index (κ2) is 6.05. The number of rotatable bonds is 1. The molecule has 3 N–H and O–H groups in total. The van der Waals surface area contributed by atoms with Gasteiger partial charge in [0.15, 0.2) is 0 Å². The second-order valence-corrected chi connectivity index (χ2v) is 2.42. The fourth-order valence-corrected chi connectivity index (χ4v) is 0. The van der Waals surface area contributed by atoms with Crippen LogP contribution in [0, 0.1) is 0 Å². The van der Waals surface area contributed by atoms with Crippen LogP contribution in [0.5, 0.6) is 0 Å². The summed E-state index contributed by atoms with van der Waals surface area (Å²) < 4.78 is 0. The number of hydrogen-bond acceptors (Lipinski definition) is 2. The van der Waals surface area contributed by atoms with E-state index in [1.807, 2.05) is 6.92 Å². The Morgan fingerprint density at radius 2 is 1.44 bits per heavy atom. The average molecular weight is 133 g/mol. The van der Waals surface area contributed by atoms with Crippen molar-refractivity contribution >= 4 is 0 Å². The van der Waals surface area contributed by atoms with E-state index in [9.17, 15) is 0 Å². The third-order valence-corrected chi connectivity index (χ3v) is 0.716. The van der Waals surface area contributed by atoms with Crippen LogP contribution in [-0.4, -0.2) is 10.8 Å². The molecule has 0 aromatic heterocycles. The van der Waals surface area contributed by atoms with Crippen LogP contribution in [-0.2, 0) is 0 Å². The Bertz CT molecular complexity index is 47.4. The highest BCUT2D eigenvalue weighted by Gasteiger charge is 2.06. The standard InChI is InChI=1S/C4H11NO.C3H8/c1-3-4(2,5)6;1-3-2/h6H,3,5H2,1-2H3;3H2,1-2H3. The van der Waals surface area contributed by atoms with Gasteiger partial charge in [-0.2, -0.15) is 0 Å². The maximum Gasteiger partial charge on any atom is 0.110 e. The van der Waals surface area contributed by atoms with E-state index in [2.05, 4.69) is 13.8 Å². The molecular weight excluding hydrogens is 114 g/mol. The third-order valence-electron chi connectivity index (χ3n) is 0.716. The molecule has 0 saturated heterocycles. The lowest BCUT2D eigenvalue weighted by atomic mass is 10.2. The van der Waals surface area contributed by atoms with Crippen LogP contribution < -0.4 is 5.73 Å². The Balaban J connectivity index is 0. The zero-order chi connectivity index (χ0) is 7.91. The first kappa shape index (κ1) is 11.7. The molecule has 0 aromatic rings. The molecular formula is C7H19NO. The highest BCUT2D eigenvalue weighted by Crippen LogP contribution is 1.94. The smallest absolute Gasteiger partial charge is 0.110 e. The van der Waals surface area contributed by atoms with Crippen molar-refractivity contribution in [2.45, 2.75) is 46.3 Å². The summed E-state index contributed by atoms with van der Waals surface area (Å²) >= 11 is 0. The number of aliphatic hydroxyl groups is 1. The lowest BCUT2D eigenvalue weighted by molar-refractivity contribution is 0.0632. The van der Waals surface area contributed by atoms with Crippen LogP contribution in [0.2, 0.25) is 0 Å². The van der Waals surface area contributed by atoms with E-state index in [0.717, 1.165) is 0 Å².